The van der Waals surface area contributed by atoms with Crippen LogP contribution in [-0.4, -0.2) is 6.61 Å². The van der Waals surface area contributed by atoms with Crippen molar-refractivity contribution in [2.75, 3.05) is 6.61 Å². The molecule has 0 amide bonds. The lowest BCUT2D eigenvalue weighted by Gasteiger charge is -2.19. The van der Waals surface area contributed by atoms with Gasteiger partial charge in [0.15, 0.2) is 0 Å². The lowest BCUT2D eigenvalue weighted by molar-refractivity contribution is 0.304. The maximum Gasteiger partial charge on any atom is 0.119 e. The van der Waals surface area contributed by atoms with E-state index < -0.39 is 0 Å². The third-order valence-electron chi connectivity index (χ3n) is 7.75. The predicted octanol–water partition coefficient (Wildman–Crippen LogP) is 11.5. The van der Waals surface area contributed by atoms with E-state index in [0.29, 0.717) is 0 Å². The van der Waals surface area contributed by atoms with Crippen LogP contribution in [0.3, 0.4) is 0 Å². The van der Waals surface area contributed by atoms with Gasteiger partial charge in [-0.15, -0.1) is 0 Å². The van der Waals surface area contributed by atoms with Crippen LogP contribution in [-0.2, 0) is 0 Å². The van der Waals surface area contributed by atoms with Crippen molar-refractivity contribution < 1.29 is 4.74 Å². The van der Waals surface area contributed by atoms with Crippen LogP contribution < -0.4 is 4.74 Å². The number of benzene rings is 3. The fourth-order valence-corrected chi connectivity index (χ4v) is 5.47. The first kappa shape index (κ1) is 30.0. The van der Waals surface area contributed by atoms with Gasteiger partial charge in [-0.2, -0.15) is 0 Å². The van der Waals surface area contributed by atoms with E-state index in [1.165, 1.54) is 113 Å². The summed E-state index contributed by atoms with van der Waals surface area (Å²) in [6.07, 6.45) is 22.4. The Morgan fingerprint density at radius 2 is 0.789 bits per heavy atom. The standard InChI is InChI=1S/C37H52O/c1-2-3-4-5-6-7-8-9-10-11-12-13-14-15-16-23-32-38-36-30-28-35(29-31-36)37(33-24-19-17-20-25-33)34-26-21-18-22-27-34/h17-22,24-31,37H,2-16,23,32H2,1H3. The molecule has 0 spiro atoms. The summed E-state index contributed by atoms with van der Waals surface area (Å²) in [5.74, 6) is 1.22. The zero-order valence-electron chi connectivity index (χ0n) is 24.1. The Kier molecular flexibility index (Phi) is 15.4. The highest BCUT2D eigenvalue weighted by Crippen LogP contribution is 2.32. The van der Waals surface area contributed by atoms with E-state index in [1.807, 2.05) is 0 Å². The molecule has 1 heteroatoms. The predicted molar refractivity (Wildman–Crippen MR) is 165 cm³/mol. The second-order valence-electron chi connectivity index (χ2n) is 11.0. The van der Waals surface area contributed by atoms with Gasteiger partial charge in [-0.1, -0.05) is 176 Å². The number of rotatable bonds is 21. The van der Waals surface area contributed by atoms with Crippen LogP contribution >= 0.6 is 0 Å². The van der Waals surface area contributed by atoms with Gasteiger partial charge in [-0.3, -0.25) is 0 Å². The van der Waals surface area contributed by atoms with Crippen molar-refractivity contribution in [3.8, 4) is 5.75 Å². The van der Waals surface area contributed by atoms with E-state index in [2.05, 4.69) is 91.9 Å². The van der Waals surface area contributed by atoms with Gasteiger partial charge in [-0.05, 0) is 35.2 Å². The molecule has 3 rings (SSSR count). The summed E-state index contributed by atoms with van der Waals surface area (Å²) in [5.41, 5.74) is 3.94. The molecule has 0 bridgehead atoms. The fraction of sp³-hybridized carbons (Fsp3) is 0.514. The van der Waals surface area contributed by atoms with Gasteiger partial charge in [0.1, 0.15) is 5.75 Å². The van der Waals surface area contributed by atoms with Crippen LogP contribution in [0.2, 0.25) is 0 Å². The Morgan fingerprint density at radius 3 is 1.21 bits per heavy atom. The minimum absolute atomic E-state index is 0.242. The quantitative estimate of drug-likeness (QED) is 0.102. The smallest absolute Gasteiger partial charge is 0.119 e. The first-order valence-corrected chi connectivity index (χ1v) is 15.7. The number of unbranched alkanes of at least 4 members (excludes halogenated alkanes) is 15. The Hall–Kier alpha value is -2.54. The largest absolute Gasteiger partial charge is 0.494 e. The molecule has 0 N–H and O–H groups in total. The molecule has 0 fully saturated rings. The summed E-state index contributed by atoms with van der Waals surface area (Å²) in [5, 5.41) is 0. The lowest BCUT2D eigenvalue weighted by Crippen LogP contribution is -2.03. The van der Waals surface area contributed by atoms with E-state index in [4.69, 9.17) is 4.74 Å². The molecular formula is C37H52O. The van der Waals surface area contributed by atoms with Crippen molar-refractivity contribution in [1.82, 2.24) is 0 Å². The van der Waals surface area contributed by atoms with Crippen molar-refractivity contribution in [2.45, 2.75) is 116 Å². The zero-order chi connectivity index (χ0) is 26.5. The third kappa shape index (κ3) is 11.9. The summed E-state index contributed by atoms with van der Waals surface area (Å²) in [6.45, 7) is 3.11. The van der Waals surface area contributed by atoms with Crippen LogP contribution in [0.15, 0.2) is 84.9 Å². The first-order valence-electron chi connectivity index (χ1n) is 15.7. The van der Waals surface area contributed by atoms with Crippen molar-refractivity contribution in [3.05, 3.63) is 102 Å². The minimum atomic E-state index is 0.242. The van der Waals surface area contributed by atoms with E-state index in [0.717, 1.165) is 18.8 Å². The van der Waals surface area contributed by atoms with Crippen LogP contribution in [0.25, 0.3) is 0 Å². The zero-order valence-corrected chi connectivity index (χ0v) is 24.1. The molecule has 0 aliphatic carbocycles. The van der Waals surface area contributed by atoms with Crippen LogP contribution in [0.4, 0.5) is 0 Å². The summed E-state index contributed by atoms with van der Waals surface area (Å²) < 4.78 is 6.07. The van der Waals surface area contributed by atoms with Crippen molar-refractivity contribution >= 4 is 0 Å². The Labute approximate surface area is 234 Å². The maximum atomic E-state index is 6.07. The monoisotopic (exact) mass is 512 g/mol. The van der Waals surface area contributed by atoms with Gasteiger partial charge >= 0.3 is 0 Å². The number of hydrogen-bond donors (Lipinski definition) is 0. The molecule has 0 aromatic heterocycles. The molecule has 0 saturated carbocycles. The van der Waals surface area contributed by atoms with Gasteiger partial charge in [0.25, 0.3) is 0 Å². The van der Waals surface area contributed by atoms with Gasteiger partial charge in [0, 0.05) is 5.92 Å². The molecule has 0 saturated heterocycles. The molecular weight excluding hydrogens is 460 g/mol. The van der Waals surface area contributed by atoms with Crippen LogP contribution in [0.1, 0.15) is 132 Å². The molecule has 0 radical (unpaired) electrons. The van der Waals surface area contributed by atoms with Crippen molar-refractivity contribution in [2.24, 2.45) is 0 Å². The van der Waals surface area contributed by atoms with Crippen LogP contribution in [0.5, 0.6) is 5.75 Å². The summed E-state index contributed by atoms with van der Waals surface area (Å²) in [4.78, 5) is 0. The normalized spacial score (nSPS) is 11.2. The first-order chi connectivity index (χ1) is 18.9. The molecule has 0 unspecified atom stereocenters. The second kappa shape index (κ2) is 19.5. The Balaban J connectivity index is 1.23. The number of ether oxygens (including phenoxy) is 1. The Bertz CT molecular complexity index is 892. The van der Waals surface area contributed by atoms with E-state index >= 15 is 0 Å². The third-order valence-corrected chi connectivity index (χ3v) is 7.75. The fourth-order valence-electron chi connectivity index (χ4n) is 5.47. The summed E-state index contributed by atoms with van der Waals surface area (Å²) >= 11 is 0. The van der Waals surface area contributed by atoms with Crippen molar-refractivity contribution in [1.29, 1.82) is 0 Å². The van der Waals surface area contributed by atoms with Crippen LogP contribution in [0, 0.1) is 0 Å². The average molecular weight is 513 g/mol. The molecule has 0 aliphatic rings. The molecule has 3 aromatic carbocycles. The molecule has 0 aliphatic heterocycles. The Morgan fingerprint density at radius 1 is 0.421 bits per heavy atom. The van der Waals surface area contributed by atoms with Gasteiger partial charge in [-0.25, -0.2) is 0 Å². The molecule has 0 heterocycles. The molecule has 0 atom stereocenters. The molecule has 3 aromatic rings. The maximum absolute atomic E-state index is 6.07. The van der Waals surface area contributed by atoms with E-state index in [-0.39, 0.29) is 5.92 Å². The molecule has 38 heavy (non-hydrogen) atoms. The SMILES string of the molecule is CCCCCCCCCCCCCCCCCCOc1ccc(C(c2ccccc2)c2ccccc2)cc1. The number of hydrogen-bond acceptors (Lipinski definition) is 1. The highest BCUT2D eigenvalue weighted by atomic mass is 16.5. The van der Waals surface area contributed by atoms with Gasteiger partial charge in [0.2, 0.25) is 0 Å². The minimum Gasteiger partial charge on any atom is -0.494 e. The average Bonchev–Trinajstić information content (AvgIpc) is 2.97. The second-order valence-corrected chi connectivity index (χ2v) is 11.0. The van der Waals surface area contributed by atoms with Gasteiger partial charge < -0.3 is 4.74 Å². The summed E-state index contributed by atoms with van der Waals surface area (Å²) in [7, 11) is 0. The highest BCUT2D eigenvalue weighted by Gasteiger charge is 2.16. The lowest BCUT2D eigenvalue weighted by atomic mass is 9.85. The highest BCUT2D eigenvalue weighted by molar-refractivity contribution is 5.44. The van der Waals surface area contributed by atoms with Gasteiger partial charge in [0.05, 0.1) is 6.61 Å². The van der Waals surface area contributed by atoms with E-state index in [1.54, 1.807) is 0 Å². The molecule has 206 valence electrons. The van der Waals surface area contributed by atoms with Crippen molar-refractivity contribution in [3.63, 3.8) is 0 Å². The topological polar surface area (TPSA) is 9.23 Å². The summed E-state index contributed by atoms with van der Waals surface area (Å²) in [6, 6.07) is 30.3. The molecule has 1 nitrogen and oxygen atoms in total. The van der Waals surface area contributed by atoms with E-state index in [9.17, 15) is 0 Å².